The minimum Gasteiger partial charge on any atom is -0.342 e. The molecule has 3 saturated heterocycles. The van der Waals surface area contributed by atoms with Crippen molar-refractivity contribution in [1.82, 2.24) is 20.0 Å². The number of nitrogens with zero attached hydrogens (tertiary/aromatic N) is 3. The monoisotopic (exact) mass is 404 g/mol. The fraction of sp³-hybridized carbons (Fsp3) is 0.864. The van der Waals surface area contributed by atoms with Crippen molar-refractivity contribution in [2.24, 2.45) is 16.7 Å². The standard InChI is InChI=1S/C22H36N4O3/c1-16(2)23-20(29)25-12-8-21(9-13-25)6-7-22(19(28)24-10-4-5-11-24)15-26(17(3)27)14-18(21)22/h16,18H,4-15H2,1-3H3,(H,23,29)/t18-,22+/m1/s1. The second-order valence-electron chi connectivity index (χ2n) is 10.1. The zero-order valence-electron chi connectivity index (χ0n) is 18.2. The Hall–Kier alpha value is -1.79. The molecule has 7 heteroatoms. The predicted octanol–water partition coefficient (Wildman–Crippen LogP) is 2.07. The van der Waals surface area contributed by atoms with Gasteiger partial charge in [-0.15, -0.1) is 0 Å². The highest BCUT2D eigenvalue weighted by atomic mass is 16.2. The second kappa shape index (κ2) is 7.47. The molecule has 0 aromatic heterocycles. The van der Waals surface area contributed by atoms with Crippen LogP contribution < -0.4 is 5.32 Å². The molecule has 1 N–H and O–H groups in total. The van der Waals surface area contributed by atoms with Gasteiger partial charge in [-0.25, -0.2) is 4.79 Å². The lowest BCUT2D eigenvalue weighted by atomic mass is 9.65. The molecule has 0 bridgehead atoms. The summed E-state index contributed by atoms with van der Waals surface area (Å²) in [5.74, 6) is 0.597. The summed E-state index contributed by atoms with van der Waals surface area (Å²) in [6, 6.07) is 0.151. The zero-order valence-corrected chi connectivity index (χ0v) is 18.2. The summed E-state index contributed by atoms with van der Waals surface area (Å²) in [4.78, 5) is 44.2. The van der Waals surface area contributed by atoms with Gasteiger partial charge in [-0.2, -0.15) is 0 Å². The van der Waals surface area contributed by atoms with E-state index in [2.05, 4.69) is 10.2 Å². The van der Waals surface area contributed by atoms with E-state index in [-0.39, 0.29) is 29.3 Å². The highest BCUT2D eigenvalue weighted by Gasteiger charge is 2.65. The molecule has 0 unspecified atom stereocenters. The number of fused-ring (bicyclic) bond motifs is 2. The molecule has 3 aliphatic heterocycles. The van der Waals surface area contributed by atoms with Crippen molar-refractivity contribution in [3.63, 3.8) is 0 Å². The van der Waals surface area contributed by atoms with E-state index >= 15 is 0 Å². The summed E-state index contributed by atoms with van der Waals surface area (Å²) in [5.41, 5.74) is -0.327. The summed E-state index contributed by atoms with van der Waals surface area (Å²) >= 11 is 0. The third-order valence-corrected chi connectivity index (χ3v) is 8.07. The molecule has 162 valence electrons. The molecule has 1 spiro atoms. The molecule has 1 saturated carbocycles. The van der Waals surface area contributed by atoms with Crippen molar-refractivity contribution in [2.45, 2.75) is 65.3 Å². The van der Waals surface area contributed by atoms with Gasteiger partial charge in [-0.05, 0) is 63.7 Å². The average molecular weight is 405 g/mol. The van der Waals surface area contributed by atoms with Crippen LogP contribution in [0.4, 0.5) is 4.79 Å². The maximum Gasteiger partial charge on any atom is 0.317 e. The van der Waals surface area contributed by atoms with Crippen molar-refractivity contribution in [3.8, 4) is 0 Å². The van der Waals surface area contributed by atoms with Crippen molar-refractivity contribution in [2.75, 3.05) is 39.3 Å². The summed E-state index contributed by atoms with van der Waals surface area (Å²) in [6.07, 6.45) is 5.98. The van der Waals surface area contributed by atoms with Crippen LogP contribution in [-0.2, 0) is 9.59 Å². The smallest absolute Gasteiger partial charge is 0.317 e. The van der Waals surface area contributed by atoms with Crippen molar-refractivity contribution < 1.29 is 14.4 Å². The molecule has 0 aromatic rings. The number of nitrogens with one attached hydrogen (secondary N) is 1. The van der Waals surface area contributed by atoms with E-state index in [4.69, 9.17) is 0 Å². The number of urea groups is 1. The summed E-state index contributed by atoms with van der Waals surface area (Å²) in [6.45, 7) is 10.1. The summed E-state index contributed by atoms with van der Waals surface area (Å²) < 4.78 is 0. The first kappa shape index (κ1) is 20.5. The van der Waals surface area contributed by atoms with Crippen LogP contribution in [0.1, 0.15) is 59.3 Å². The maximum absolute atomic E-state index is 13.7. The van der Waals surface area contributed by atoms with E-state index in [0.717, 1.165) is 64.7 Å². The van der Waals surface area contributed by atoms with E-state index in [1.54, 1.807) is 6.92 Å². The van der Waals surface area contributed by atoms with Crippen molar-refractivity contribution in [3.05, 3.63) is 0 Å². The zero-order chi connectivity index (χ0) is 20.8. The first-order valence-corrected chi connectivity index (χ1v) is 11.4. The lowest BCUT2D eigenvalue weighted by Gasteiger charge is -2.44. The van der Waals surface area contributed by atoms with Crippen molar-refractivity contribution >= 4 is 17.8 Å². The minimum atomic E-state index is -0.404. The van der Waals surface area contributed by atoms with Gasteiger partial charge in [-0.1, -0.05) is 0 Å². The van der Waals surface area contributed by atoms with Crippen LogP contribution in [0.5, 0.6) is 0 Å². The number of carbonyl (C=O) groups is 3. The Kier molecular flexibility index (Phi) is 5.28. The molecule has 7 nitrogen and oxygen atoms in total. The highest BCUT2D eigenvalue weighted by Crippen LogP contribution is 2.62. The number of likely N-dealkylation sites (tertiary alicyclic amines) is 3. The van der Waals surface area contributed by atoms with Crippen LogP contribution in [0.15, 0.2) is 0 Å². The van der Waals surface area contributed by atoms with Gasteiger partial charge < -0.3 is 20.0 Å². The second-order valence-corrected chi connectivity index (χ2v) is 10.1. The average Bonchev–Trinajstić information content (AvgIpc) is 3.39. The van der Waals surface area contributed by atoms with Crippen LogP contribution >= 0.6 is 0 Å². The largest absolute Gasteiger partial charge is 0.342 e. The Labute approximate surface area is 174 Å². The minimum absolute atomic E-state index is 0.0176. The topological polar surface area (TPSA) is 73.0 Å². The predicted molar refractivity (Wildman–Crippen MR) is 110 cm³/mol. The Balaban J connectivity index is 1.53. The van der Waals surface area contributed by atoms with Gasteiger partial charge in [0, 0.05) is 52.2 Å². The third-order valence-electron chi connectivity index (χ3n) is 8.07. The van der Waals surface area contributed by atoms with E-state index in [1.165, 1.54) is 0 Å². The molecule has 1 aliphatic carbocycles. The van der Waals surface area contributed by atoms with Gasteiger partial charge >= 0.3 is 6.03 Å². The molecule has 0 aromatic carbocycles. The molecule has 4 fully saturated rings. The van der Waals surface area contributed by atoms with Gasteiger partial charge in [0.05, 0.1) is 5.41 Å². The normalized spacial score (nSPS) is 30.9. The van der Waals surface area contributed by atoms with Gasteiger partial charge in [0.1, 0.15) is 0 Å². The van der Waals surface area contributed by atoms with Gasteiger partial charge in [-0.3, -0.25) is 9.59 Å². The number of amides is 4. The fourth-order valence-electron chi connectivity index (χ4n) is 6.48. The van der Waals surface area contributed by atoms with Gasteiger partial charge in [0.2, 0.25) is 11.8 Å². The molecule has 4 rings (SSSR count). The molecule has 29 heavy (non-hydrogen) atoms. The number of piperidine rings is 1. The first-order valence-electron chi connectivity index (χ1n) is 11.4. The van der Waals surface area contributed by atoms with Gasteiger partial charge in [0.25, 0.3) is 0 Å². The third kappa shape index (κ3) is 3.40. The molecule has 2 atom stereocenters. The number of hydrogen-bond donors (Lipinski definition) is 1. The van der Waals surface area contributed by atoms with Crippen molar-refractivity contribution in [1.29, 1.82) is 0 Å². The quantitative estimate of drug-likeness (QED) is 0.766. The van der Waals surface area contributed by atoms with E-state index in [9.17, 15) is 14.4 Å². The Bertz CT molecular complexity index is 680. The highest BCUT2D eigenvalue weighted by molar-refractivity contribution is 5.86. The lowest BCUT2D eigenvalue weighted by molar-refractivity contribution is -0.143. The molecule has 4 amide bonds. The molecule has 4 aliphatic rings. The Morgan fingerprint density at radius 3 is 2.14 bits per heavy atom. The van der Waals surface area contributed by atoms with Crippen LogP contribution in [0.3, 0.4) is 0 Å². The van der Waals surface area contributed by atoms with Crippen LogP contribution in [0.2, 0.25) is 0 Å². The molecule has 0 radical (unpaired) electrons. The lowest BCUT2D eigenvalue weighted by Crippen LogP contribution is -2.52. The Morgan fingerprint density at radius 1 is 0.897 bits per heavy atom. The fourth-order valence-corrected chi connectivity index (χ4v) is 6.48. The van der Waals surface area contributed by atoms with Crippen LogP contribution in [0, 0.1) is 16.7 Å². The summed E-state index contributed by atoms with van der Waals surface area (Å²) in [7, 11) is 0. The Morgan fingerprint density at radius 2 is 1.55 bits per heavy atom. The SMILES string of the molecule is CC(=O)N1C[C@@H]2C3(CCN(C(=O)NC(C)C)CC3)CC[C@]2(C(=O)N2CCCC2)C1. The van der Waals surface area contributed by atoms with Gasteiger partial charge in [0.15, 0.2) is 0 Å². The number of rotatable bonds is 2. The number of carbonyl (C=O) groups excluding carboxylic acids is 3. The van der Waals surface area contributed by atoms with Crippen LogP contribution in [0.25, 0.3) is 0 Å². The van der Waals surface area contributed by atoms with E-state index in [0.29, 0.717) is 19.0 Å². The van der Waals surface area contributed by atoms with E-state index in [1.807, 2.05) is 23.6 Å². The van der Waals surface area contributed by atoms with E-state index < -0.39 is 5.41 Å². The number of hydrogen-bond acceptors (Lipinski definition) is 3. The maximum atomic E-state index is 13.7. The van der Waals surface area contributed by atoms with Crippen LogP contribution in [-0.4, -0.2) is 77.9 Å². The molecular weight excluding hydrogens is 368 g/mol. The molecular formula is C22H36N4O3. The first-order chi connectivity index (χ1) is 13.8. The molecule has 3 heterocycles. The summed E-state index contributed by atoms with van der Waals surface area (Å²) in [5, 5.41) is 3.00.